The number of nitrogens with zero attached hydrogens (tertiary/aromatic N) is 1. The molecule has 1 aromatic rings. The largest absolute Gasteiger partial charge is 0.393 e. The molecule has 1 aliphatic carbocycles. The van der Waals surface area contributed by atoms with E-state index < -0.39 is 0 Å². The maximum absolute atomic E-state index is 11.5. The van der Waals surface area contributed by atoms with Gasteiger partial charge in [-0.05, 0) is 87.4 Å². The Morgan fingerprint density at radius 2 is 1.82 bits per heavy atom. The molecule has 154 valence electrons. The van der Waals surface area contributed by atoms with Gasteiger partial charge >= 0.3 is 0 Å². The summed E-state index contributed by atoms with van der Waals surface area (Å²) in [6.07, 6.45) is 9.20. The van der Waals surface area contributed by atoms with Crippen molar-refractivity contribution in [3.05, 3.63) is 35.4 Å². The molecule has 4 N–H and O–H groups in total. The first-order chi connectivity index (χ1) is 13.6. The van der Waals surface area contributed by atoms with Crippen molar-refractivity contribution in [2.24, 2.45) is 11.7 Å². The first-order valence-corrected chi connectivity index (χ1v) is 11.1. The summed E-state index contributed by atoms with van der Waals surface area (Å²) in [5, 5.41) is 13.3. The van der Waals surface area contributed by atoms with Gasteiger partial charge in [0, 0.05) is 30.7 Å². The topological polar surface area (TPSA) is 78.6 Å². The molecule has 1 aromatic carbocycles. The van der Waals surface area contributed by atoms with Crippen LogP contribution in [0.15, 0.2) is 24.3 Å². The molecule has 3 atom stereocenters. The smallest absolute Gasteiger partial charge is 0.248 e. The van der Waals surface area contributed by atoms with Gasteiger partial charge in [0.05, 0.1) is 6.10 Å². The molecule has 4 rings (SSSR count). The van der Waals surface area contributed by atoms with Gasteiger partial charge in [0.15, 0.2) is 0 Å². The van der Waals surface area contributed by atoms with Crippen molar-refractivity contribution in [1.82, 2.24) is 10.2 Å². The van der Waals surface area contributed by atoms with E-state index >= 15 is 0 Å². The second-order valence-corrected chi connectivity index (χ2v) is 9.16. The highest BCUT2D eigenvalue weighted by atomic mass is 16.3. The Morgan fingerprint density at radius 3 is 2.50 bits per heavy atom. The highest BCUT2D eigenvalue weighted by Crippen LogP contribution is 2.42. The Balaban J connectivity index is 1.25. The van der Waals surface area contributed by atoms with Crippen LogP contribution >= 0.6 is 0 Å². The van der Waals surface area contributed by atoms with Crippen molar-refractivity contribution < 1.29 is 9.90 Å². The molecule has 2 saturated heterocycles. The third-order valence-electron chi connectivity index (χ3n) is 7.32. The van der Waals surface area contributed by atoms with Gasteiger partial charge in [-0.1, -0.05) is 12.1 Å². The minimum atomic E-state index is -0.333. The molecule has 2 heterocycles. The van der Waals surface area contributed by atoms with E-state index in [4.69, 9.17) is 5.73 Å². The summed E-state index contributed by atoms with van der Waals surface area (Å²) >= 11 is 0. The maximum atomic E-state index is 11.5. The number of fused-ring (bicyclic) bond motifs is 2. The van der Waals surface area contributed by atoms with E-state index in [0.717, 1.165) is 51.2 Å². The van der Waals surface area contributed by atoms with Crippen molar-refractivity contribution in [3.63, 3.8) is 0 Å². The Morgan fingerprint density at radius 1 is 1.11 bits per heavy atom. The lowest BCUT2D eigenvalue weighted by atomic mass is 9.84. The number of hydrogen-bond acceptors (Lipinski definition) is 4. The van der Waals surface area contributed by atoms with Crippen LogP contribution in [0.2, 0.25) is 0 Å². The molecule has 5 heteroatoms. The van der Waals surface area contributed by atoms with Crippen LogP contribution in [0.4, 0.5) is 0 Å². The Kier molecular flexibility index (Phi) is 6.34. The average molecular weight is 386 g/mol. The van der Waals surface area contributed by atoms with Crippen LogP contribution < -0.4 is 11.1 Å². The van der Waals surface area contributed by atoms with Crippen LogP contribution in [0.1, 0.15) is 73.2 Å². The van der Waals surface area contributed by atoms with Crippen LogP contribution in [-0.4, -0.2) is 53.7 Å². The van der Waals surface area contributed by atoms with Gasteiger partial charge in [-0.25, -0.2) is 0 Å². The summed E-state index contributed by atoms with van der Waals surface area (Å²) in [4.78, 5) is 14.2. The lowest BCUT2D eigenvalue weighted by molar-refractivity contribution is 0.0999. The molecule has 2 bridgehead atoms. The molecule has 5 nitrogen and oxygen atoms in total. The minimum absolute atomic E-state index is 0.0585. The van der Waals surface area contributed by atoms with E-state index in [9.17, 15) is 9.90 Å². The van der Waals surface area contributed by atoms with Crippen molar-refractivity contribution in [2.75, 3.05) is 19.6 Å². The molecule has 1 saturated carbocycles. The number of piperidine rings is 1. The van der Waals surface area contributed by atoms with Gasteiger partial charge in [0.2, 0.25) is 5.91 Å². The highest BCUT2D eigenvalue weighted by Gasteiger charge is 2.40. The first-order valence-electron chi connectivity index (χ1n) is 11.1. The summed E-state index contributed by atoms with van der Waals surface area (Å²) in [6.45, 7) is 3.30. The van der Waals surface area contributed by atoms with Crippen LogP contribution in [-0.2, 0) is 0 Å². The molecule has 28 heavy (non-hydrogen) atoms. The molecule has 1 amide bonds. The summed E-state index contributed by atoms with van der Waals surface area (Å²) in [5.41, 5.74) is 7.38. The zero-order valence-corrected chi connectivity index (χ0v) is 16.9. The molecule has 2 aliphatic heterocycles. The van der Waals surface area contributed by atoms with Crippen LogP contribution in [0.3, 0.4) is 0 Å². The zero-order chi connectivity index (χ0) is 19.5. The van der Waals surface area contributed by atoms with E-state index in [2.05, 4.69) is 16.3 Å². The van der Waals surface area contributed by atoms with E-state index in [1.165, 1.54) is 31.2 Å². The Hall–Kier alpha value is -1.43. The number of nitrogens with one attached hydrogen (secondary N) is 1. The van der Waals surface area contributed by atoms with Crippen molar-refractivity contribution in [2.45, 2.75) is 75.5 Å². The number of carbonyl (C=O) groups is 1. The van der Waals surface area contributed by atoms with Gasteiger partial charge in [0.25, 0.3) is 0 Å². The molecule has 3 fully saturated rings. The fourth-order valence-corrected chi connectivity index (χ4v) is 5.72. The predicted molar refractivity (Wildman–Crippen MR) is 111 cm³/mol. The van der Waals surface area contributed by atoms with Gasteiger partial charge in [-0.15, -0.1) is 0 Å². The number of nitrogens with two attached hydrogens (primary N) is 1. The van der Waals surface area contributed by atoms with Gasteiger partial charge < -0.3 is 16.2 Å². The number of aliphatic hydroxyl groups excluding tert-OH is 1. The number of benzene rings is 1. The Labute approximate surface area is 168 Å². The summed E-state index contributed by atoms with van der Waals surface area (Å²) in [7, 11) is 0. The Bertz CT molecular complexity index is 658. The minimum Gasteiger partial charge on any atom is -0.393 e. The molecule has 0 aromatic heterocycles. The number of amides is 1. The summed E-state index contributed by atoms with van der Waals surface area (Å²) in [6, 6.07) is 9.30. The van der Waals surface area contributed by atoms with Gasteiger partial charge in [-0.3, -0.25) is 9.69 Å². The van der Waals surface area contributed by atoms with Crippen molar-refractivity contribution >= 4 is 5.91 Å². The van der Waals surface area contributed by atoms with Crippen LogP contribution in [0, 0.1) is 5.92 Å². The summed E-state index contributed by atoms with van der Waals surface area (Å²) in [5.74, 6) is 0.957. The molecule has 0 spiro atoms. The lowest BCUT2D eigenvalue weighted by Crippen LogP contribution is -2.45. The van der Waals surface area contributed by atoms with Crippen molar-refractivity contribution in [1.29, 1.82) is 0 Å². The molecule has 0 radical (unpaired) electrons. The lowest BCUT2D eigenvalue weighted by Gasteiger charge is -2.39. The van der Waals surface area contributed by atoms with E-state index in [1.54, 1.807) is 0 Å². The highest BCUT2D eigenvalue weighted by molar-refractivity contribution is 5.92. The quantitative estimate of drug-likeness (QED) is 0.631. The monoisotopic (exact) mass is 385 g/mol. The summed E-state index contributed by atoms with van der Waals surface area (Å²) < 4.78 is 0. The zero-order valence-electron chi connectivity index (χ0n) is 16.9. The number of carbonyl (C=O) groups excluding carboxylic acids is 1. The molecular formula is C23H35N3O2. The fourth-order valence-electron chi connectivity index (χ4n) is 5.72. The predicted octanol–water partition coefficient (Wildman–Crippen LogP) is 2.64. The number of hydrogen-bond donors (Lipinski definition) is 3. The van der Waals surface area contributed by atoms with Crippen LogP contribution in [0.5, 0.6) is 0 Å². The SMILES string of the molecule is NC(=O)c1cccc([C@H]2C[C@H]3CC[C@@H](C2)N3CCNCC2CCC(O)CC2)c1. The normalized spacial score (nSPS) is 33.1. The number of primary amides is 1. The third-order valence-corrected chi connectivity index (χ3v) is 7.32. The van der Waals surface area contributed by atoms with E-state index in [1.807, 2.05) is 18.2 Å². The maximum Gasteiger partial charge on any atom is 0.248 e. The molecule has 0 unspecified atom stereocenters. The molecule has 3 aliphatic rings. The molecular weight excluding hydrogens is 350 g/mol. The number of rotatable bonds is 7. The van der Waals surface area contributed by atoms with Crippen molar-refractivity contribution in [3.8, 4) is 0 Å². The average Bonchev–Trinajstić information content (AvgIpc) is 2.94. The van der Waals surface area contributed by atoms with Gasteiger partial charge in [0.1, 0.15) is 0 Å². The van der Waals surface area contributed by atoms with Crippen LogP contribution in [0.25, 0.3) is 0 Å². The van der Waals surface area contributed by atoms with E-state index in [0.29, 0.717) is 23.6 Å². The van der Waals surface area contributed by atoms with E-state index in [-0.39, 0.29) is 12.0 Å². The fraction of sp³-hybridized carbons (Fsp3) is 0.696. The second-order valence-electron chi connectivity index (χ2n) is 9.16. The first kappa shape index (κ1) is 19.9. The van der Waals surface area contributed by atoms with Gasteiger partial charge in [-0.2, -0.15) is 0 Å². The standard InChI is InChI=1S/C23H35N3O2/c24-23(28)18-3-1-2-17(12-18)19-13-20-6-7-21(14-19)26(20)11-10-25-15-16-4-8-22(27)9-5-16/h1-3,12,16,19-22,25,27H,4-11,13-15H2,(H2,24,28)/t16?,19-,20+,21-,22?. The third kappa shape index (κ3) is 4.58. The second kappa shape index (κ2) is 8.93. The number of aliphatic hydroxyl groups is 1.